The zero-order chi connectivity index (χ0) is 20.8. The van der Waals surface area contributed by atoms with Crippen LogP contribution in [0.5, 0.6) is 5.75 Å². The molecule has 0 saturated carbocycles. The molecule has 5 nitrogen and oxygen atoms in total. The molecule has 0 atom stereocenters. The predicted octanol–water partition coefficient (Wildman–Crippen LogP) is 4.74. The first-order chi connectivity index (χ1) is 13.9. The molecule has 5 heteroatoms. The maximum atomic E-state index is 13.0. The van der Waals surface area contributed by atoms with Gasteiger partial charge in [-0.1, -0.05) is 26.0 Å². The van der Waals surface area contributed by atoms with Crippen molar-refractivity contribution in [3.05, 3.63) is 64.8 Å². The van der Waals surface area contributed by atoms with E-state index in [1.807, 2.05) is 36.4 Å². The summed E-state index contributed by atoms with van der Waals surface area (Å²) in [5.41, 5.74) is 4.18. The summed E-state index contributed by atoms with van der Waals surface area (Å²) >= 11 is 0. The Hall–Kier alpha value is -3.08. The second-order valence-corrected chi connectivity index (χ2v) is 8.19. The summed E-state index contributed by atoms with van der Waals surface area (Å²) in [4.78, 5) is 25.1. The zero-order valence-corrected chi connectivity index (χ0v) is 17.2. The van der Waals surface area contributed by atoms with E-state index in [4.69, 9.17) is 9.47 Å². The molecule has 1 aliphatic rings. The molecule has 2 aromatic carbocycles. The number of rotatable bonds is 4. The van der Waals surface area contributed by atoms with Crippen LogP contribution in [0.3, 0.4) is 0 Å². The second-order valence-electron chi connectivity index (χ2n) is 8.19. The van der Waals surface area contributed by atoms with E-state index in [9.17, 15) is 9.59 Å². The minimum Gasteiger partial charge on any atom is -0.497 e. The van der Waals surface area contributed by atoms with E-state index in [1.54, 1.807) is 13.2 Å². The third-order valence-electron chi connectivity index (χ3n) is 5.90. The van der Waals surface area contributed by atoms with E-state index in [-0.39, 0.29) is 17.2 Å². The highest BCUT2D eigenvalue weighted by Gasteiger charge is 2.37. The number of ether oxygens (including phenoxy) is 2. The average molecular weight is 391 g/mol. The molecule has 1 aliphatic carbocycles. The van der Waals surface area contributed by atoms with Gasteiger partial charge in [-0.3, -0.25) is 4.79 Å². The summed E-state index contributed by atoms with van der Waals surface area (Å²) in [7, 11) is 3.02. The van der Waals surface area contributed by atoms with Crippen LogP contribution in [0.1, 0.15) is 58.7 Å². The number of esters is 1. The van der Waals surface area contributed by atoms with Crippen molar-refractivity contribution in [3.63, 3.8) is 0 Å². The number of fused-ring (bicyclic) bond motifs is 3. The monoisotopic (exact) mass is 391 g/mol. The van der Waals surface area contributed by atoms with Crippen LogP contribution in [-0.2, 0) is 16.7 Å². The van der Waals surface area contributed by atoms with E-state index in [2.05, 4.69) is 18.4 Å². The Morgan fingerprint density at radius 3 is 2.48 bits per heavy atom. The molecule has 0 amide bonds. The molecule has 0 bridgehead atoms. The maximum Gasteiger partial charge on any atom is 0.337 e. The molecular weight excluding hydrogens is 366 g/mol. The fourth-order valence-electron chi connectivity index (χ4n) is 4.32. The van der Waals surface area contributed by atoms with Gasteiger partial charge in [0, 0.05) is 23.9 Å². The van der Waals surface area contributed by atoms with Gasteiger partial charge in [0.25, 0.3) is 0 Å². The minimum absolute atomic E-state index is 0.151. The van der Waals surface area contributed by atoms with Crippen molar-refractivity contribution in [1.29, 1.82) is 0 Å². The van der Waals surface area contributed by atoms with Crippen molar-refractivity contribution >= 4 is 22.7 Å². The Morgan fingerprint density at radius 1 is 1.10 bits per heavy atom. The van der Waals surface area contributed by atoms with Gasteiger partial charge in [-0.15, -0.1) is 0 Å². The molecule has 29 heavy (non-hydrogen) atoms. The SMILES string of the molecule is COC(=O)c1ccc2c(c1)c1c(n2Cc2ccc(OC)cc2)C(=O)CCC1(C)C. The third kappa shape index (κ3) is 3.20. The number of hydrogen-bond donors (Lipinski definition) is 0. The minimum atomic E-state index is -0.372. The molecule has 0 aliphatic heterocycles. The first kappa shape index (κ1) is 19.2. The molecule has 150 valence electrons. The molecule has 0 saturated heterocycles. The average Bonchev–Trinajstić information content (AvgIpc) is 3.06. The summed E-state index contributed by atoms with van der Waals surface area (Å²) in [5.74, 6) is 0.584. The lowest BCUT2D eigenvalue weighted by Gasteiger charge is -2.30. The highest BCUT2D eigenvalue weighted by Crippen LogP contribution is 2.43. The molecule has 0 N–H and O–H groups in total. The molecular formula is C24H25NO4. The van der Waals surface area contributed by atoms with Crippen LogP contribution >= 0.6 is 0 Å². The Morgan fingerprint density at radius 2 is 1.83 bits per heavy atom. The number of carbonyl (C=O) groups is 2. The Balaban J connectivity index is 1.94. The van der Waals surface area contributed by atoms with Gasteiger partial charge in [0.2, 0.25) is 0 Å². The first-order valence-corrected chi connectivity index (χ1v) is 9.77. The van der Waals surface area contributed by atoms with Gasteiger partial charge in [0.15, 0.2) is 5.78 Å². The summed E-state index contributed by atoms with van der Waals surface area (Å²) in [6.07, 6.45) is 1.33. The second kappa shape index (κ2) is 7.07. The van der Waals surface area contributed by atoms with Crippen LogP contribution in [0.15, 0.2) is 42.5 Å². The fraction of sp³-hybridized carbons (Fsp3) is 0.333. The van der Waals surface area contributed by atoms with Crippen molar-refractivity contribution in [2.24, 2.45) is 0 Å². The molecule has 3 aromatic rings. The Bertz CT molecular complexity index is 1110. The van der Waals surface area contributed by atoms with Crippen LogP contribution in [0.2, 0.25) is 0 Å². The number of nitrogens with zero attached hydrogens (tertiary/aromatic N) is 1. The third-order valence-corrected chi connectivity index (χ3v) is 5.90. The van der Waals surface area contributed by atoms with Gasteiger partial charge in [0.1, 0.15) is 5.75 Å². The van der Waals surface area contributed by atoms with Gasteiger partial charge in [-0.05, 0) is 53.3 Å². The largest absolute Gasteiger partial charge is 0.497 e. The van der Waals surface area contributed by atoms with E-state index < -0.39 is 0 Å². The molecule has 1 aromatic heterocycles. The topological polar surface area (TPSA) is 57.5 Å². The summed E-state index contributed by atoms with van der Waals surface area (Å²) in [6, 6.07) is 13.4. The van der Waals surface area contributed by atoms with Crippen molar-refractivity contribution in [2.45, 2.75) is 38.6 Å². The van der Waals surface area contributed by atoms with E-state index in [1.165, 1.54) is 7.11 Å². The molecule has 0 radical (unpaired) electrons. The smallest absolute Gasteiger partial charge is 0.337 e. The number of aromatic nitrogens is 1. The molecule has 0 unspecified atom stereocenters. The highest BCUT2D eigenvalue weighted by molar-refractivity contribution is 6.06. The van der Waals surface area contributed by atoms with Crippen LogP contribution in [-0.4, -0.2) is 30.5 Å². The fourth-order valence-corrected chi connectivity index (χ4v) is 4.32. The van der Waals surface area contributed by atoms with E-state index in [0.29, 0.717) is 18.5 Å². The van der Waals surface area contributed by atoms with Crippen LogP contribution in [0.25, 0.3) is 10.9 Å². The number of benzene rings is 2. The number of hydrogen-bond acceptors (Lipinski definition) is 4. The lowest BCUT2D eigenvalue weighted by Crippen LogP contribution is -2.28. The Kier molecular flexibility index (Phi) is 4.69. The van der Waals surface area contributed by atoms with Gasteiger partial charge in [-0.2, -0.15) is 0 Å². The molecule has 1 heterocycles. The van der Waals surface area contributed by atoms with Crippen molar-refractivity contribution in [1.82, 2.24) is 4.57 Å². The van der Waals surface area contributed by atoms with Gasteiger partial charge >= 0.3 is 5.97 Å². The lowest BCUT2D eigenvalue weighted by atomic mass is 9.73. The van der Waals surface area contributed by atoms with Crippen LogP contribution in [0, 0.1) is 0 Å². The number of carbonyl (C=O) groups excluding carboxylic acids is 2. The number of ketones is 1. The normalized spacial score (nSPS) is 15.2. The molecule has 0 fully saturated rings. The van der Waals surface area contributed by atoms with Gasteiger partial charge in [0.05, 0.1) is 25.5 Å². The predicted molar refractivity (Wildman–Crippen MR) is 112 cm³/mol. The van der Waals surface area contributed by atoms with Crippen molar-refractivity contribution in [2.75, 3.05) is 14.2 Å². The lowest BCUT2D eigenvalue weighted by molar-refractivity contribution is 0.0600. The van der Waals surface area contributed by atoms with Gasteiger partial charge in [-0.25, -0.2) is 4.79 Å². The molecule has 4 rings (SSSR count). The van der Waals surface area contributed by atoms with E-state index in [0.717, 1.165) is 39.9 Å². The standard InChI is InChI=1S/C24H25NO4/c1-24(2)12-11-20(26)22-21(24)18-13-16(23(27)29-4)7-10-19(18)25(22)14-15-5-8-17(28-3)9-6-15/h5-10,13H,11-12,14H2,1-4H3. The van der Waals surface area contributed by atoms with Crippen LogP contribution in [0.4, 0.5) is 0 Å². The summed E-state index contributed by atoms with van der Waals surface area (Å²) in [6.45, 7) is 4.91. The van der Waals surface area contributed by atoms with Crippen molar-refractivity contribution < 1.29 is 19.1 Å². The number of methoxy groups -OCH3 is 2. The summed E-state index contributed by atoms with van der Waals surface area (Å²) < 4.78 is 12.2. The Labute approximate surface area is 170 Å². The van der Waals surface area contributed by atoms with Crippen molar-refractivity contribution in [3.8, 4) is 5.75 Å². The van der Waals surface area contributed by atoms with E-state index >= 15 is 0 Å². The number of Topliss-reactive ketones (excluding diaryl/α,β-unsaturated/α-hetero) is 1. The summed E-state index contributed by atoms with van der Waals surface area (Å²) in [5, 5.41) is 0.953. The maximum absolute atomic E-state index is 13.0. The quantitative estimate of drug-likeness (QED) is 0.603. The highest BCUT2D eigenvalue weighted by atomic mass is 16.5. The molecule has 0 spiro atoms. The van der Waals surface area contributed by atoms with Crippen LogP contribution < -0.4 is 4.74 Å². The van der Waals surface area contributed by atoms with Gasteiger partial charge < -0.3 is 14.0 Å². The zero-order valence-electron chi connectivity index (χ0n) is 17.2. The first-order valence-electron chi connectivity index (χ1n) is 9.77.